The fourth-order valence-electron chi connectivity index (χ4n) is 2.82. The molecule has 4 nitrogen and oxygen atoms in total. The molecule has 0 unspecified atom stereocenters. The molecule has 3 N–H and O–H groups in total. The molecule has 0 atom stereocenters. The van der Waals surface area contributed by atoms with E-state index in [9.17, 15) is 4.79 Å². The van der Waals surface area contributed by atoms with Gasteiger partial charge in [0, 0.05) is 19.6 Å². The molecule has 0 fully saturated rings. The number of carbonyl (C=O) groups is 1. The van der Waals surface area contributed by atoms with Crippen molar-refractivity contribution >= 4 is 6.09 Å². The zero-order valence-corrected chi connectivity index (χ0v) is 14.5. The monoisotopic (exact) mass is 346 g/mol. The van der Waals surface area contributed by atoms with Crippen LogP contribution in [0.15, 0.2) is 78.9 Å². The third kappa shape index (κ3) is 5.19. The SMILES string of the molecule is O=C(O)NCc1cccc(CNCc2ccc(-c3ccccc3)cc2)c1. The van der Waals surface area contributed by atoms with E-state index in [0.717, 1.165) is 24.2 Å². The fourth-order valence-corrected chi connectivity index (χ4v) is 2.82. The summed E-state index contributed by atoms with van der Waals surface area (Å²) in [6.45, 7) is 1.85. The van der Waals surface area contributed by atoms with Crippen molar-refractivity contribution in [2.75, 3.05) is 0 Å². The molecule has 0 aliphatic heterocycles. The molecule has 0 saturated heterocycles. The van der Waals surface area contributed by atoms with Gasteiger partial charge in [-0.3, -0.25) is 0 Å². The van der Waals surface area contributed by atoms with E-state index < -0.39 is 6.09 Å². The molecule has 132 valence electrons. The summed E-state index contributed by atoms with van der Waals surface area (Å²) in [6, 6.07) is 26.8. The Kier molecular flexibility index (Phi) is 6.01. The summed E-state index contributed by atoms with van der Waals surface area (Å²) in [5.41, 5.74) is 5.76. The van der Waals surface area contributed by atoms with Crippen LogP contribution in [-0.4, -0.2) is 11.2 Å². The Morgan fingerprint density at radius 2 is 1.31 bits per heavy atom. The molecule has 1 amide bonds. The van der Waals surface area contributed by atoms with Crippen molar-refractivity contribution in [1.29, 1.82) is 0 Å². The number of nitrogens with one attached hydrogen (secondary N) is 2. The molecule has 0 spiro atoms. The van der Waals surface area contributed by atoms with Gasteiger partial charge in [0.2, 0.25) is 0 Å². The first-order valence-corrected chi connectivity index (χ1v) is 8.60. The molecule has 0 aromatic heterocycles. The van der Waals surface area contributed by atoms with Crippen LogP contribution in [0.5, 0.6) is 0 Å². The predicted molar refractivity (Wildman–Crippen MR) is 104 cm³/mol. The third-order valence-corrected chi connectivity index (χ3v) is 4.15. The van der Waals surface area contributed by atoms with Crippen molar-refractivity contribution in [3.05, 3.63) is 95.6 Å². The molecule has 0 bridgehead atoms. The fraction of sp³-hybridized carbons (Fsp3) is 0.136. The smallest absolute Gasteiger partial charge is 0.404 e. The molecule has 3 aromatic rings. The van der Waals surface area contributed by atoms with Crippen molar-refractivity contribution in [2.45, 2.75) is 19.6 Å². The maximum absolute atomic E-state index is 10.6. The van der Waals surface area contributed by atoms with Crippen molar-refractivity contribution < 1.29 is 9.90 Å². The van der Waals surface area contributed by atoms with Gasteiger partial charge in [-0.05, 0) is 27.8 Å². The summed E-state index contributed by atoms with van der Waals surface area (Å²) in [4.78, 5) is 10.6. The number of amides is 1. The van der Waals surface area contributed by atoms with Crippen molar-refractivity contribution in [3.8, 4) is 11.1 Å². The number of rotatable bonds is 7. The van der Waals surface area contributed by atoms with E-state index in [1.165, 1.54) is 16.7 Å². The van der Waals surface area contributed by atoms with Crippen LogP contribution in [0.1, 0.15) is 16.7 Å². The Balaban J connectivity index is 1.52. The van der Waals surface area contributed by atoms with E-state index in [-0.39, 0.29) is 0 Å². The third-order valence-electron chi connectivity index (χ3n) is 4.15. The van der Waals surface area contributed by atoms with E-state index in [2.05, 4.69) is 47.0 Å². The summed E-state index contributed by atoms with van der Waals surface area (Å²) in [7, 11) is 0. The molecular weight excluding hydrogens is 324 g/mol. The maximum atomic E-state index is 10.6. The molecule has 3 aromatic carbocycles. The molecule has 3 rings (SSSR count). The van der Waals surface area contributed by atoms with Crippen LogP contribution in [0.3, 0.4) is 0 Å². The van der Waals surface area contributed by atoms with Crippen molar-refractivity contribution in [3.63, 3.8) is 0 Å². The highest BCUT2D eigenvalue weighted by Gasteiger charge is 2.00. The Morgan fingerprint density at radius 1 is 0.692 bits per heavy atom. The van der Waals surface area contributed by atoms with Gasteiger partial charge in [0.25, 0.3) is 0 Å². The zero-order valence-electron chi connectivity index (χ0n) is 14.5. The second-order valence-corrected chi connectivity index (χ2v) is 6.15. The number of benzene rings is 3. The summed E-state index contributed by atoms with van der Waals surface area (Å²) in [5, 5.41) is 14.5. The first-order valence-electron chi connectivity index (χ1n) is 8.60. The van der Waals surface area contributed by atoms with E-state index in [1.54, 1.807) is 0 Å². The normalized spacial score (nSPS) is 10.5. The minimum absolute atomic E-state index is 0.324. The largest absolute Gasteiger partial charge is 0.465 e. The Morgan fingerprint density at radius 3 is 2.00 bits per heavy atom. The van der Waals surface area contributed by atoms with Crippen LogP contribution < -0.4 is 10.6 Å². The quantitative estimate of drug-likeness (QED) is 0.594. The maximum Gasteiger partial charge on any atom is 0.404 e. The molecule has 0 radical (unpaired) electrons. The van der Waals surface area contributed by atoms with Gasteiger partial charge in [-0.2, -0.15) is 0 Å². The van der Waals surface area contributed by atoms with Crippen LogP contribution in [0, 0.1) is 0 Å². The first-order chi connectivity index (χ1) is 12.7. The second-order valence-electron chi connectivity index (χ2n) is 6.15. The van der Waals surface area contributed by atoms with E-state index in [0.29, 0.717) is 6.54 Å². The minimum atomic E-state index is -1.01. The summed E-state index contributed by atoms with van der Waals surface area (Å²) >= 11 is 0. The highest BCUT2D eigenvalue weighted by atomic mass is 16.4. The molecule has 0 aliphatic rings. The molecule has 0 heterocycles. The van der Waals surface area contributed by atoms with Crippen LogP contribution in [0.4, 0.5) is 4.79 Å². The number of hydrogen-bond acceptors (Lipinski definition) is 2. The Labute approximate surface area is 153 Å². The van der Waals surface area contributed by atoms with Crippen molar-refractivity contribution in [1.82, 2.24) is 10.6 Å². The van der Waals surface area contributed by atoms with Gasteiger partial charge in [-0.1, -0.05) is 78.9 Å². The van der Waals surface area contributed by atoms with Gasteiger partial charge in [0.1, 0.15) is 0 Å². The van der Waals surface area contributed by atoms with E-state index >= 15 is 0 Å². The van der Waals surface area contributed by atoms with Crippen LogP contribution in [0.25, 0.3) is 11.1 Å². The summed E-state index contributed by atoms with van der Waals surface area (Å²) < 4.78 is 0. The van der Waals surface area contributed by atoms with Gasteiger partial charge < -0.3 is 15.7 Å². The highest BCUT2D eigenvalue weighted by molar-refractivity contribution is 5.64. The zero-order chi connectivity index (χ0) is 18.2. The first kappa shape index (κ1) is 17.7. The van der Waals surface area contributed by atoms with Gasteiger partial charge in [0.05, 0.1) is 0 Å². The van der Waals surface area contributed by atoms with Gasteiger partial charge >= 0.3 is 6.09 Å². The van der Waals surface area contributed by atoms with E-state index in [4.69, 9.17) is 5.11 Å². The van der Waals surface area contributed by atoms with Gasteiger partial charge in [-0.25, -0.2) is 4.79 Å². The Bertz CT molecular complexity index is 846. The van der Waals surface area contributed by atoms with Crippen LogP contribution in [-0.2, 0) is 19.6 Å². The predicted octanol–water partition coefficient (Wildman–Crippen LogP) is 4.41. The molecule has 0 aliphatic carbocycles. The van der Waals surface area contributed by atoms with Gasteiger partial charge in [-0.15, -0.1) is 0 Å². The lowest BCUT2D eigenvalue weighted by Gasteiger charge is -2.08. The summed E-state index contributed by atoms with van der Waals surface area (Å²) in [6.07, 6.45) is -1.01. The molecular formula is C22H22N2O2. The minimum Gasteiger partial charge on any atom is -0.465 e. The second kappa shape index (κ2) is 8.83. The van der Waals surface area contributed by atoms with Crippen LogP contribution in [0.2, 0.25) is 0 Å². The standard InChI is InChI=1S/C22H22N2O2/c25-22(26)24-16-19-6-4-5-18(13-19)15-23-14-17-9-11-21(12-10-17)20-7-2-1-3-8-20/h1-13,23-24H,14-16H2,(H,25,26). The van der Waals surface area contributed by atoms with E-state index in [1.807, 2.05) is 42.5 Å². The number of hydrogen-bond donors (Lipinski definition) is 3. The lowest BCUT2D eigenvalue weighted by molar-refractivity contribution is 0.194. The molecule has 26 heavy (non-hydrogen) atoms. The summed E-state index contributed by atoms with van der Waals surface area (Å²) in [5.74, 6) is 0. The highest BCUT2D eigenvalue weighted by Crippen LogP contribution is 2.19. The topological polar surface area (TPSA) is 61.4 Å². The average Bonchev–Trinajstić information content (AvgIpc) is 2.68. The van der Waals surface area contributed by atoms with Crippen molar-refractivity contribution in [2.24, 2.45) is 0 Å². The lowest BCUT2D eigenvalue weighted by atomic mass is 10.0. The lowest BCUT2D eigenvalue weighted by Crippen LogP contribution is -2.20. The molecule has 0 saturated carbocycles. The van der Waals surface area contributed by atoms with Crippen LogP contribution >= 0.6 is 0 Å². The number of carboxylic acid groups (broad SMARTS) is 1. The average molecular weight is 346 g/mol. The van der Waals surface area contributed by atoms with Gasteiger partial charge in [0.15, 0.2) is 0 Å². The molecule has 4 heteroatoms. The Hall–Kier alpha value is -3.11.